The van der Waals surface area contributed by atoms with Gasteiger partial charge in [0.1, 0.15) is 0 Å². The van der Waals surface area contributed by atoms with Crippen LogP contribution in [0.25, 0.3) is 32.9 Å². The largest absolute Gasteiger partial charge is 0.476 e. The summed E-state index contributed by atoms with van der Waals surface area (Å²) in [5.41, 5.74) is 9.71. The third-order valence-electron chi connectivity index (χ3n) is 5.12. The van der Waals surface area contributed by atoms with E-state index in [9.17, 15) is 0 Å². The van der Waals surface area contributed by atoms with E-state index in [1.54, 1.807) is 17.5 Å². The van der Waals surface area contributed by atoms with E-state index < -0.39 is 0 Å². The topological polar surface area (TPSA) is 86.8 Å². The highest BCUT2D eigenvalue weighted by molar-refractivity contribution is 8.05. The Bertz CT molecular complexity index is 1520. The summed E-state index contributed by atoms with van der Waals surface area (Å²) >= 11 is 5.34. The van der Waals surface area contributed by atoms with Crippen LogP contribution in [-0.4, -0.2) is 26.5 Å². The van der Waals surface area contributed by atoms with Crippen molar-refractivity contribution in [3.63, 3.8) is 0 Å². The van der Waals surface area contributed by atoms with Gasteiger partial charge in [0.15, 0.2) is 11.2 Å². The molecule has 2 N–H and O–H groups in total. The number of thiophene rings is 1. The smallest absolute Gasteiger partial charge is 0.247 e. The maximum atomic E-state index is 5.81. The van der Waals surface area contributed by atoms with Crippen LogP contribution >= 0.6 is 34.9 Å². The second-order valence-corrected chi connectivity index (χ2v) is 10.2. The zero-order valence-corrected chi connectivity index (χ0v) is 19.9. The van der Waals surface area contributed by atoms with Crippen LogP contribution in [-0.2, 0) is 0 Å². The number of anilines is 1. The molecule has 9 heteroatoms. The summed E-state index contributed by atoms with van der Waals surface area (Å²) in [7, 11) is 0. The van der Waals surface area contributed by atoms with E-state index in [1.165, 1.54) is 25.1 Å². The highest BCUT2D eigenvalue weighted by Crippen LogP contribution is 2.53. The minimum Gasteiger partial charge on any atom is -0.476 e. The molecule has 2 aromatic carbocycles. The molecule has 1 aliphatic rings. The fourth-order valence-electron chi connectivity index (χ4n) is 3.71. The lowest BCUT2D eigenvalue weighted by Crippen LogP contribution is -2.04. The van der Waals surface area contributed by atoms with Crippen LogP contribution in [0.3, 0.4) is 0 Å². The first-order chi connectivity index (χ1) is 16.2. The number of nitrogens with zero attached hydrogens (tertiary/aromatic N) is 4. The van der Waals surface area contributed by atoms with Crippen molar-refractivity contribution < 1.29 is 4.74 Å². The quantitative estimate of drug-likeness (QED) is 0.305. The van der Waals surface area contributed by atoms with Crippen molar-refractivity contribution >= 4 is 52.0 Å². The molecule has 3 aromatic heterocycles. The van der Waals surface area contributed by atoms with Gasteiger partial charge in [-0.2, -0.15) is 9.97 Å². The van der Waals surface area contributed by atoms with Crippen LogP contribution in [0.1, 0.15) is 6.92 Å². The van der Waals surface area contributed by atoms with Gasteiger partial charge in [-0.05, 0) is 36.6 Å². The van der Waals surface area contributed by atoms with Crippen molar-refractivity contribution in [2.24, 2.45) is 0 Å². The molecule has 6 rings (SSSR count). The summed E-state index contributed by atoms with van der Waals surface area (Å²) in [6, 6.07) is 17.1. The van der Waals surface area contributed by atoms with Gasteiger partial charge in [0.25, 0.3) is 0 Å². The van der Waals surface area contributed by atoms with Crippen molar-refractivity contribution in [1.29, 1.82) is 0 Å². The molecule has 0 unspecified atom stereocenters. The van der Waals surface area contributed by atoms with Gasteiger partial charge in [0.2, 0.25) is 11.8 Å². The number of hydrogen-bond acceptors (Lipinski definition) is 9. The second kappa shape index (κ2) is 8.33. The number of rotatable bonds is 4. The molecule has 0 atom stereocenters. The number of fused-ring (bicyclic) bond motifs is 3. The van der Waals surface area contributed by atoms with Crippen LogP contribution in [0.15, 0.2) is 79.7 Å². The standard InChI is InChI=1S/C24H17N5OS3/c1-2-30-23-19-22(28-24(25)29-23)26-12-15(27-19)13-10-11-31-20(13)14-6-5-9-18-21(14)33-17-8-4-3-7-16(17)32-18/h3-12H,2H2,1H3,(H2,25,26,28,29). The lowest BCUT2D eigenvalue weighted by Gasteiger charge is -2.21. The monoisotopic (exact) mass is 487 g/mol. The molecule has 0 radical (unpaired) electrons. The molecule has 0 saturated carbocycles. The highest BCUT2D eigenvalue weighted by Gasteiger charge is 2.23. The molecule has 0 fully saturated rings. The van der Waals surface area contributed by atoms with E-state index in [0.717, 1.165) is 16.1 Å². The van der Waals surface area contributed by atoms with Crippen LogP contribution in [0, 0.1) is 0 Å². The molecule has 4 heterocycles. The Morgan fingerprint density at radius 1 is 0.879 bits per heavy atom. The van der Waals surface area contributed by atoms with Crippen LogP contribution in [0.4, 0.5) is 5.95 Å². The van der Waals surface area contributed by atoms with Gasteiger partial charge in [-0.3, -0.25) is 0 Å². The lowest BCUT2D eigenvalue weighted by atomic mass is 10.1. The third kappa shape index (κ3) is 3.62. The van der Waals surface area contributed by atoms with Crippen LogP contribution < -0.4 is 10.5 Å². The SMILES string of the molecule is CCOc1nc(N)nc2ncc(-c3ccsc3-c3cccc4c3Sc3ccccc3S4)nc12. The summed E-state index contributed by atoms with van der Waals surface area (Å²) in [5.74, 6) is 0.474. The summed E-state index contributed by atoms with van der Waals surface area (Å²) in [5, 5.41) is 2.09. The zero-order chi connectivity index (χ0) is 22.4. The summed E-state index contributed by atoms with van der Waals surface area (Å²) in [6.07, 6.45) is 1.74. The predicted molar refractivity (Wildman–Crippen MR) is 134 cm³/mol. The van der Waals surface area contributed by atoms with Gasteiger partial charge < -0.3 is 10.5 Å². The first-order valence-electron chi connectivity index (χ1n) is 10.3. The van der Waals surface area contributed by atoms with Crippen molar-refractivity contribution in [1.82, 2.24) is 19.9 Å². The normalized spacial score (nSPS) is 12.4. The van der Waals surface area contributed by atoms with E-state index >= 15 is 0 Å². The summed E-state index contributed by atoms with van der Waals surface area (Å²) < 4.78 is 5.66. The Hall–Kier alpha value is -3.14. The number of nitrogen functional groups attached to an aromatic ring is 1. The Balaban J connectivity index is 1.48. The van der Waals surface area contributed by atoms with Crippen molar-refractivity contribution in [2.75, 3.05) is 12.3 Å². The maximum Gasteiger partial charge on any atom is 0.247 e. The van der Waals surface area contributed by atoms with Crippen LogP contribution in [0.2, 0.25) is 0 Å². The molecule has 1 aliphatic heterocycles. The second-order valence-electron chi connectivity index (χ2n) is 7.19. The Labute approximate surface area is 202 Å². The minimum absolute atomic E-state index is 0.120. The van der Waals surface area contributed by atoms with Gasteiger partial charge in [0, 0.05) is 35.6 Å². The fraction of sp³-hybridized carbons (Fsp3) is 0.0833. The minimum atomic E-state index is 0.120. The molecule has 33 heavy (non-hydrogen) atoms. The van der Waals surface area contributed by atoms with E-state index in [-0.39, 0.29) is 5.95 Å². The fourth-order valence-corrected chi connectivity index (χ4v) is 7.10. The van der Waals surface area contributed by atoms with E-state index in [1.807, 2.05) is 30.4 Å². The number of aromatic nitrogens is 4. The zero-order valence-electron chi connectivity index (χ0n) is 17.5. The molecule has 0 bridgehead atoms. The van der Waals surface area contributed by atoms with Crippen molar-refractivity contribution in [3.05, 3.63) is 60.1 Å². The van der Waals surface area contributed by atoms with Gasteiger partial charge in [-0.25, -0.2) is 9.97 Å². The van der Waals surface area contributed by atoms with Gasteiger partial charge >= 0.3 is 0 Å². The molecule has 6 nitrogen and oxygen atoms in total. The summed E-state index contributed by atoms with van der Waals surface area (Å²) in [4.78, 5) is 24.0. The molecular formula is C24H17N5OS3. The van der Waals surface area contributed by atoms with E-state index in [0.29, 0.717) is 23.7 Å². The summed E-state index contributed by atoms with van der Waals surface area (Å²) in [6.45, 7) is 2.35. The van der Waals surface area contributed by atoms with E-state index in [2.05, 4.69) is 68.9 Å². The molecule has 0 saturated heterocycles. The highest BCUT2D eigenvalue weighted by atomic mass is 32.2. The van der Waals surface area contributed by atoms with Gasteiger partial charge in [-0.1, -0.05) is 47.8 Å². The predicted octanol–water partition coefficient (Wildman–Crippen LogP) is 6.41. The third-order valence-corrected chi connectivity index (χ3v) is 8.68. The average molecular weight is 488 g/mol. The van der Waals surface area contributed by atoms with E-state index in [4.69, 9.17) is 15.5 Å². The average Bonchev–Trinajstić information content (AvgIpc) is 3.32. The molecule has 5 aromatic rings. The molecule has 0 spiro atoms. The molecular weight excluding hydrogens is 470 g/mol. The number of nitrogens with two attached hydrogens (primary N) is 1. The van der Waals surface area contributed by atoms with Gasteiger partial charge in [0.05, 0.1) is 18.5 Å². The maximum absolute atomic E-state index is 5.81. The molecule has 162 valence electrons. The Kier molecular flexibility index (Phi) is 5.17. The Morgan fingerprint density at radius 2 is 1.70 bits per heavy atom. The first-order valence-corrected chi connectivity index (χ1v) is 12.8. The Morgan fingerprint density at radius 3 is 2.55 bits per heavy atom. The number of benzene rings is 2. The lowest BCUT2D eigenvalue weighted by molar-refractivity contribution is 0.330. The number of hydrogen-bond donors (Lipinski definition) is 1. The van der Waals surface area contributed by atoms with Crippen molar-refractivity contribution in [2.45, 2.75) is 26.5 Å². The first kappa shape index (κ1) is 20.5. The van der Waals surface area contributed by atoms with Crippen LogP contribution in [0.5, 0.6) is 5.88 Å². The molecule has 0 amide bonds. The van der Waals surface area contributed by atoms with Gasteiger partial charge in [-0.15, -0.1) is 11.3 Å². The van der Waals surface area contributed by atoms with Crippen molar-refractivity contribution in [3.8, 4) is 27.6 Å². The number of ether oxygens (including phenoxy) is 1. The molecule has 0 aliphatic carbocycles.